The summed E-state index contributed by atoms with van der Waals surface area (Å²) in [5.41, 5.74) is 6.69. The quantitative estimate of drug-likeness (QED) is 0.145. The van der Waals surface area contributed by atoms with Gasteiger partial charge in [0.25, 0.3) is 0 Å². The molecule has 1 nitrogen and oxygen atoms in total. The summed E-state index contributed by atoms with van der Waals surface area (Å²) in [5, 5.41) is 0. The zero-order valence-electron chi connectivity index (χ0n) is 18.8. The minimum absolute atomic E-state index is 0. The van der Waals surface area contributed by atoms with Gasteiger partial charge < -0.3 is 5.73 Å². The van der Waals surface area contributed by atoms with Crippen molar-refractivity contribution >= 4 is 24.0 Å². The molecule has 1 atom stereocenters. The van der Waals surface area contributed by atoms with Crippen LogP contribution in [0.5, 0.6) is 0 Å². The van der Waals surface area contributed by atoms with E-state index >= 15 is 0 Å². The molecule has 0 aromatic heterocycles. The van der Waals surface area contributed by atoms with E-state index in [1.807, 2.05) is 0 Å². The fourth-order valence-electron chi connectivity index (χ4n) is 4.31. The molecule has 0 rings (SSSR count). The number of hydrogen-bond donors (Lipinski definition) is 1. The van der Waals surface area contributed by atoms with Gasteiger partial charge in [-0.25, -0.2) is 0 Å². The van der Waals surface area contributed by atoms with Crippen LogP contribution < -0.4 is 5.73 Å². The lowest BCUT2D eigenvalue weighted by atomic mass is 9.76. The minimum Gasteiger partial charge on any atom is -0.325 e. The molecule has 0 fully saturated rings. The summed E-state index contributed by atoms with van der Waals surface area (Å²) >= 11 is 0. The highest BCUT2D eigenvalue weighted by Crippen LogP contribution is 2.30. The average molecular weight is 482 g/mol. The molecular formula is C24H52IN. The highest BCUT2D eigenvalue weighted by Gasteiger charge is 2.29. The Labute approximate surface area is 184 Å². The Hall–Kier alpha value is 0.690. The molecule has 0 spiro atoms. The summed E-state index contributed by atoms with van der Waals surface area (Å²) in [5.74, 6) is 0.722. The molecular weight excluding hydrogens is 429 g/mol. The van der Waals surface area contributed by atoms with Gasteiger partial charge in [-0.3, -0.25) is 0 Å². The van der Waals surface area contributed by atoms with Gasteiger partial charge in [-0.05, 0) is 25.2 Å². The van der Waals surface area contributed by atoms with Gasteiger partial charge in [-0.15, -0.1) is 24.0 Å². The van der Waals surface area contributed by atoms with Crippen LogP contribution in [0.25, 0.3) is 0 Å². The van der Waals surface area contributed by atoms with Crippen LogP contribution in [0.4, 0.5) is 0 Å². The highest BCUT2D eigenvalue weighted by atomic mass is 127. The largest absolute Gasteiger partial charge is 0.325 e. The predicted molar refractivity (Wildman–Crippen MR) is 132 cm³/mol. The zero-order valence-corrected chi connectivity index (χ0v) is 21.1. The van der Waals surface area contributed by atoms with E-state index in [0.717, 1.165) is 18.8 Å². The first kappa shape index (κ1) is 28.9. The SMILES string of the molecule is CCCCCCCCCCCCCCCCC(CC)C(N)(CC)CC.I. The summed E-state index contributed by atoms with van der Waals surface area (Å²) in [6.07, 6.45) is 25.0. The van der Waals surface area contributed by atoms with Crippen molar-refractivity contribution in [2.24, 2.45) is 11.7 Å². The second kappa shape index (κ2) is 20.4. The lowest BCUT2D eigenvalue weighted by Crippen LogP contribution is -2.45. The summed E-state index contributed by atoms with van der Waals surface area (Å²) in [7, 11) is 0. The third kappa shape index (κ3) is 14.7. The zero-order chi connectivity index (χ0) is 18.8. The normalized spacial score (nSPS) is 12.8. The number of halogens is 1. The highest BCUT2D eigenvalue weighted by molar-refractivity contribution is 14.0. The molecule has 0 aromatic rings. The van der Waals surface area contributed by atoms with Crippen molar-refractivity contribution in [3.63, 3.8) is 0 Å². The van der Waals surface area contributed by atoms with E-state index in [4.69, 9.17) is 5.73 Å². The minimum atomic E-state index is 0. The molecule has 1 unspecified atom stereocenters. The molecule has 0 amide bonds. The van der Waals surface area contributed by atoms with Crippen LogP contribution in [0.1, 0.15) is 143 Å². The standard InChI is InChI=1S/C24H51N.HI/c1-5-9-10-11-12-13-14-15-16-17-18-19-20-21-22-23(6-2)24(25,7-3)8-4;/h23H,5-22,25H2,1-4H3;1H. The molecule has 0 aliphatic heterocycles. The molecule has 0 heterocycles. The number of rotatable bonds is 19. The number of unbranched alkanes of at least 4 members (excludes halogenated alkanes) is 13. The Balaban J connectivity index is 0. The third-order valence-electron chi connectivity index (χ3n) is 6.53. The fourth-order valence-corrected chi connectivity index (χ4v) is 4.31. The molecule has 26 heavy (non-hydrogen) atoms. The maximum absolute atomic E-state index is 6.61. The lowest BCUT2D eigenvalue weighted by Gasteiger charge is -2.36. The van der Waals surface area contributed by atoms with E-state index in [9.17, 15) is 0 Å². The van der Waals surface area contributed by atoms with Gasteiger partial charge in [0.2, 0.25) is 0 Å². The Bertz CT molecular complexity index is 263. The molecule has 0 aliphatic rings. The van der Waals surface area contributed by atoms with Gasteiger partial charge in [0, 0.05) is 5.54 Å². The maximum atomic E-state index is 6.61. The van der Waals surface area contributed by atoms with Crippen LogP contribution in [0.15, 0.2) is 0 Å². The van der Waals surface area contributed by atoms with E-state index in [1.54, 1.807) is 0 Å². The van der Waals surface area contributed by atoms with Gasteiger partial charge in [0.05, 0.1) is 0 Å². The van der Waals surface area contributed by atoms with Crippen molar-refractivity contribution in [3.8, 4) is 0 Å². The van der Waals surface area contributed by atoms with Gasteiger partial charge in [-0.2, -0.15) is 0 Å². The van der Waals surface area contributed by atoms with Gasteiger partial charge in [0.15, 0.2) is 0 Å². The van der Waals surface area contributed by atoms with Crippen molar-refractivity contribution in [2.75, 3.05) is 0 Å². The molecule has 2 N–H and O–H groups in total. The molecule has 0 bridgehead atoms. The van der Waals surface area contributed by atoms with E-state index in [0.29, 0.717) is 0 Å². The topological polar surface area (TPSA) is 26.0 Å². The Morgan fingerprint density at radius 1 is 0.577 bits per heavy atom. The first-order valence-electron chi connectivity index (χ1n) is 11.9. The smallest absolute Gasteiger partial charge is 0.0177 e. The molecule has 0 aromatic carbocycles. The molecule has 160 valence electrons. The van der Waals surface area contributed by atoms with E-state index in [1.165, 1.54) is 103 Å². The maximum Gasteiger partial charge on any atom is 0.0177 e. The van der Waals surface area contributed by atoms with Crippen molar-refractivity contribution in [1.82, 2.24) is 0 Å². The summed E-state index contributed by atoms with van der Waals surface area (Å²) < 4.78 is 0. The predicted octanol–water partition coefficient (Wildman–Crippen LogP) is 9.02. The van der Waals surface area contributed by atoms with Crippen molar-refractivity contribution in [3.05, 3.63) is 0 Å². The van der Waals surface area contributed by atoms with Gasteiger partial charge >= 0.3 is 0 Å². The van der Waals surface area contributed by atoms with Crippen molar-refractivity contribution < 1.29 is 0 Å². The molecule has 2 heteroatoms. The average Bonchev–Trinajstić information content (AvgIpc) is 2.64. The Kier molecular flexibility index (Phi) is 22.7. The van der Waals surface area contributed by atoms with Crippen LogP contribution in [-0.2, 0) is 0 Å². The van der Waals surface area contributed by atoms with Gasteiger partial charge in [-0.1, -0.05) is 124 Å². The van der Waals surface area contributed by atoms with Crippen molar-refractivity contribution in [1.29, 1.82) is 0 Å². The Morgan fingerprint density at radius 2 is 0.923 bits per heavy atom. The fraction of sp³-hybridized carbons (Fsp3) is 1.00. The molecule has 0 aliphatic carbocycles. The molecule has 0 saturated carbocycles. The Morgan fingerprint density at radius 3 is 1.23 bits per heavy atom. The van der Waals surface area contributed by atoms with Crippen LogP contribution in [0, 0.1) is 5.92 Å². The molecule has 0 radical (unpaired) electrons. The first-order chi connectivity index (χ1) is 12.1. The molecule has 0 saturated heterocycles. The second-order valence-corrected chi connectivity index (χ2v) is 8.43. The van der Waals surface area contributed by atoms with E-state index < -0.39 is 0 Å². The van der Waals surface area contributed by atoms with Crippen LogP contribution in [0.3, 0.4) is 0 Å². The van der Waals surface area contributed by atoms with Crippen LogP contribution in [0.2, 0.25) is 0 Å². The van der Waals surface area contributed by atoms with E-state index in [2.05, 4.69) is 27.7 Å². The number of hydrogen-bond acceptors (Lipinski definition) is 1. The van der Waals surface area contributed by atoms with Crippen LogP contribution in [-0.4, -0.2) is 5.54 Å². The van der Waals surface area contributed by atoms with Crippen molar-refractivity contribution in [2.45, 2.75) is 149 Å². The third-order valence-corrected chi connectivity index (χ3v) is 6.53. The summed E-state index contributed by atoms with van der Waals surface area (Å²) in [6.45, 7) is 9.14. The summed E-state index contributed by atoms with van der Waals surface area (Å²) in [4.78, 5) is 0. The summed E-state index contributed by atoms with van der Waals surface area (Å²) in [6, 6.07) is 0. The lowest BCUT2D eigenvalue weighted by molar-refractivity contribution is 0.225. The second-order valence-electron chi connectivity index (χ2n) is 8.43. The van der Waals surface area contributed by atoms with Gasteiger partial charge in [0.1, 0.15) is 0 Å². The first-order valence-corrected chi connectivity index (χ1v) is 11.9. The number of nitrogens with two attached hydrogens (primary N) is 1. The van der Waals surface area contributed by atoms with Crippen LogP contribution >= 0.6 is 24.0 Å². The monoisotopic (exact) mass is 481 g/mol. The van der Waals surface area contributed by atoms with E-state index in [-0.39, 0.29) is 29.5 Å².